The zero-order valence-corrected chi connectivity index (χ0v) is 33.0. The number of carbonyl (C=O) groups is 1. The summed E-state index contributed by atoms with van der Waals surface area (Å²) >= 11 is 0. The Hall–Kier alpha value is -4.46. The van der Waals surface area contributed by atoms with Crippen LogP contribution >= 0.6 is 0 Å². The fraction of sp³-hybridized carbons (Fsp3) is 0.415. The smallest absolute Gasteiger partial charge is 0.280 e. The summed E-state index contributed by atoms with van der Waals surface area (Å²) in [5.41, 5.74) is 3.70. The van der Waals surface area contributed by atoms with E-state index in [1.807, 2.05) is 30.3 Å². The number of aryl methyl sites for hydroxylation is 2. The molecule has 4 atom stereocenters. The molecule has 1 fully saturated rings. The summed E-state index contributed by atoms with van der Waals surface area (Å²) in [6.45, 7) is 18.2. The number of rotatable bonds is 11. The number of ether oxygens (including phenoxy) is 2. The monoisotopic (exact) mass is 737 g/mol. The number of hydrogen-bond acceptors (Lipinski definition) is 8. The maximum absolute atomic E-state index is 13.2. The summed E-state index contributed by atoms with van der Waals surface area (Å²) in [6.07, 6.45) is -2.30. The zero-order valence-electron chi connectivity index (χ0n) is 32.0. The third-order valence-corrected chi connectivity index (χ3v) is 15.1. The van der Waals surface area contributed by atoms with Crippen LogP contribution in [0, 0.1) is 19.8 Å². The predicted octanol–water partition coefficient (Wildman–Crippen LogP) is 6.99. The van der Waals surface area contributed by atoms with Gasteiger partial charge in [0.15, 0.2) is 25.7 Å². The van der Waals surface area contributed by atoms with Crippen molar-refractivity contribution in [3.8, 4) is 0 Å². The molecule has 1 amide bonds. The minimum absolute atomic E-state index is 0.00733. The van der Waals surface area contributed by atoms with Crippen molar-refractivity contribution < 1.29 is 23.8 Å². The van der Waals surface area contributed by atoms with Gasteiger partial charge in [-0.2, -0.15) is 4.98 Å². The zero-order chi connectivity index (χ0) is 38.3. The number of aromatic amines is 1. The molecule has 6 rings (SSSR count). The van der Waals surface area contributed by atoms with Crippen LogP contribution in [0.1, 0.15) is 68.7 Å². The summed E-state index contributed by atoms with van der Waals surface area (Å²) in [4.78, 5) is 37.3. The van der Waals surface area contributed by atoms with Crippen LogP contribution in [-0.2, 0) is 24.3 Å². The highest BCUT2D eigenvalue weighted by atomic mass is 28.4. The van der Waals surface area contributed by atoms with Crippen LogP contribution in [0.5, 0.6) is 0 Å². The number of benzene rings is 3. The number of aromatic nitrogens is 4. The molecular weight excluding hydrogens is 687 g/mol. The Bertz CT molecular complexity index is 2060. The van der Waals surface area contributed by atoms with Gasteiger partial charge in [-0.25, -0.2) is 4.98 Å². The summed E-state index contributed by atoms with van der Waals surface area (Å²) < 4.78 is 22.4. The van der Waals surface area contributed by atoms with Crippen LogP contribution in [0.15, 0.2) is 90.0 Å². The molecule has 53 heavy (non-hydrogen) atoms. The number of fused-ring (bicyclic) bond motifs is 1. The second kappa shape index (κ2) is 14.8. The van der Waals surface area contributed by atoms with E-state index >= 15 is 0 Å². The molecule has 0 aliphatic carbocycles. The molecule has 3 heterocycles. The van der Waals surface area contributed by atoms with Crippen molar-refractivity contribution in [2.45, 2.75) is 96.7 Å². The van der Waals surface area contributed by atoms with Gasteiger partial charge in [0.05, 0.1) is 12.9 Å². The predicted molar refractivity (Wildman–Crippen MR) is 208 cm³/mol. The number of nitrogens with zero attached hydrogens (tertiary/aromatic N) is 3. The summed E-state index contributed by atoms with van der Waals surface area (Å²) in [5.74, 6) is -0.640. The third kappa shape index (κ3) is 7.51. The van der Waals surface area contributed by atoms with Crippen molar-refractivity contribution in [1.82, 2.24) is 19.5 Å². The van der Waals surface area contributed by atoms with Gasteiger partial charge in [-0.1, -0.05) is 125 Å². The maximum Gasteiger partial charge on any atom is 0.280 e. The normalized spacial score (nSPS) is 19.6. The number of H-pyrrole nitrogens is 1. The molecule has 1 aliphatic rings. The van der Waals surface area contributed by atoms with E-state index in [-0.39, 0.29) is 40.6 Å². The van der Waals surface area contributed by atoms with Crippen LogP contribution < -0.4 is 10.9 Å². The Morgan fingerprint density at radius 1 is 0.962 bits per heavy atom. The van der Waals surface area contributed by atoms with Crippen molar-refractivity contribution in [3.63, 3.8) is 0 Å². The van der Waals surface area contributed by atoms with Gasteiger partial charge in [-0.05, 0) is 48.7 Å². The standard InChI is InChI=1S/C41H51N5O6Si/c1-25(2)36(48)44-39-43-35-32(37(49)45-39)42-24-46(35)38-34(52-53(8,9)40(5,6)7)33(47)31(51-38)23-50-41(28-13-11-10-12-14-28,29-19-15-26(3)16-20-29)30-21-17-27(4)18-22-30/h10-22,24-25,31,33-34,38,47H,23H2,1-9H3,(H2,43,44,45,48,49)/t31-,33+,34?,38-/m1/s1. The van der Waals surface area contributed by atoms with E-state index in [2.05, 4.69) is 117 Å². The van der Waals surface area contributed by atoms with Crippen LogP contribution in [0.2, 0.25) is 18.1 Å². The van der Waals surface area contributed by atoms with E-state index in [4.69, 9.17) is 13.9 Å². The van der Waals surface area contributed by atoms with E-state index in [0.717, 1.165) is 27.8 Å². The molecule has 0 spiro atoms. The molecule has 1 aliphatic heterocycles. The lowest BCUT2D eigenvalue weighted by Crippen LogP contribution is -2.49. The molecule has 5 aromatic rings. The summed E-state index contributed by atoms with van der Waals surface area (Å²) in [7, 11) is -2.51. The first-order valence-corrected chi connectivity index (χ1v) is 21.1. The molecule has 3 N–H and O–H groups in total. The number of carbonyl (C=O) groups excluding carboxylic acids is 1. The van der Waals surface area contributed by atoms with Crippen LogP contribution in [0.25, 0.3) is 11.2 Å². The van der Waals surface area contributed by atoms with Gasteiger partial charge in [0.2, 0.25) is 11.9 Å². The van der Waals surface area contributed by atoms with E-state index in [9.17, 15) is 14.7 Å². The minimum atomic E-state index is -2.51. The number of hydrogen-bond donors (Lipinski definition) is 3. The van der Waals surface area contributed by atoms with Crippen molar-refractivity contribution in [2.24, 2.45) is 5.92 Å². The van der Waals surface area contributed by atoms with E-state index < -0.39 is 44.0 Å². The highest BCUT2D eigenvalue weighted by Gasteiger charge is 2.52. The number of aliphatic hydroxyl groups excluding tert-OH is 1. The Morgan fingerprint density at radius 3 is 2.08 bits per heavy atom. The van der Waals surface area contributed by atoms with Crippen molar-refractivity contribution in [2.75, 3.05) is 11.9 Å². The van der Waals surface area contributed by atoms with E-state index in [0.29, 0.717) is 0 Å². The second-order valence-corrected chi connectivity index (χ2v) is 20.6. The fourth-order valence-electron chi connectivity index (χ4n) is 6.36. The van der Waals surface area contributed by atoms with Gasteiger partial charge < -0.3 is 19.0 Å². The van der Waals surface area contributed by atoms with Crippen LogP contribution in [0.3, 0.4) is 0 Å². The van der Waals surface area contributed by atoms with E-state index in [1.165, 1.54) is 6.33 Å². The third-order valence-electron chi connectivity index (χ3n) is 10.6. The number of amides is 1. The molecule has 1 saturated heterocycles. The lowest BCUT2D eigenvalue weighted by molar-refractivity contribution is -0.118. The average Bonchev–Trinajstić information content (AvgIpc) is 3.66. The molecule has 0 radical (unpaired) electrons. The fourth-order valence-corrected chi connectivity index (χ4v) is 7.65. The molecule has 280 valence electrons. The number of aliphatic hydroxyl groups is 1. The largest absolute Gasteiger partial charge is 0.407 e. The average molecular weight is 738 g/mol. The molecule has 1 unspecified atom stereocenters. The van der Waals surface area contributed by atoms with Gasteiger partial charge >= 0.3 is 0 Å². The van der Waals surface area contributed by atoms with Crippen molar-refractivity contribution in [1.29, 1.82) is 0 Å². The molecule has 2 aromatic heterocycles. The van der Waals surface area contributed by atoms with Crippen LogP contribution in [0.4, 0.5) is 5.95 Å². The Balaban J connectivity index is 1.44. The first-order chi connectivity index (χ1) is 25.0. The first-order valence-electron chi connectivity index (χ1n) is 18.1. The number of nitrogens with one attached hydrogen (secondary N) is 2. The van der Waals surface area contributed by atoms with Crippen molar-refractivity contribution >= 4 is 31.3 Å². The molecule has 3 aromatic carbocycles. The van der Waals surface area contributed by atoms with Crippen LogP contribution in [-0.4, -0.2) is 63.8 Å². The Kier molecular flexibility index (Phi) is 10.7. The molecule has 0 bridgehead atoms. The first kappa shape index (κ1) is 38.3. The van der Waals surface area contributed by atoms with Gasteiger partial charge in [0, 0.05) is 5.92 Å². The van der Waals surface area contributed by atoms with Gasteiger partial charge in [0.1, 0.15) is 23.9 Å². The topological polar surface area (TPSA) is 141 Å². The summed E-state index contributed by atoms with van der Waals surface area (Å²) in [5, 5.41) is 14.7. The Morgan fingerprint density at radius 2 is 1.53 bits per heavy atom. The van der Waals surface area contributed by atoms with Gasteiger partial charge in [-0.3, -0.25) is 24.5 Å². The maximum atomic E-state index is 13.2. The molecular formula is C41H51N5O6Si. The lowest BCUT2D eigenvalue weighted by atomic mass is 9.79. The summed E-state index contributed by atoms with van der Waals surface area (Å²) in [6, 6.07) is 26.7. The van der Waals surface area contributed by atoms with Gasteiger partial charge in [-0.15, -0.1) is 0 Å². The van der Waals surface area contributed by atoms with Crippen molar-refractivity contribution in [3.05, 3.63) is 123 Å². The lowest BCUT2D eigenvalue weighted by Gasteiger charge is -2.40. The minimum Gasteiger partial charge on any atom is -0.407 e. The molecule has 0 saturated carbocycles. The van der Waals surface area contributed by atoms with E-state index in [1.54, 1.807) is 18.4 Å². The SMILES string of the molecule is Cc1ccc(C(OC[C@H]2O[C@@H](n3cnc4c(=O)[nH]c(NC(=O)C(C)C)nc43)C(O[Si](C)(C)C(C)(C)C)[C@H]2O)(c2ccccc2)c2ccc(C)cc2)cc1. The number of imidazole rings is 1. The number of anilines is 1. The molecule has 12 heteroatoms. The quantitative estimate of drug-likeness (QED) is 0.0974. The second-order valence-electron chi connectivity index (χ2n) is 15.9. The highest BCUT2D eigenvalue weighted by Crippen LogP contribution is 2.45. The Labute approximate surface area is 311 Å². The molecule has 11 nitrogen and oxygen atoms in total. The van der Waals surface area contributed by atoms with Gasteiger partial charge in [0.25, 0.3) is 5.56 Å². The highest BCUT2D eigenvalue weighted by molar-refractivity contribution is 6.74.